The lowest BCUT2D eigenvalue weighted by Gasteiger charge is -2.39. The fourth-order valence-corrected chi connectivity index (χ4v) is 11.1. The minimum absolute atomic E-state index is 0.0849. The second kappa shape index (κ2) is 27.3. The summed E-state index contributed by atoms with van der Waals surface area (Å²) in [4.78, 5) is 120. The van der Waals surface area contributed by atoms with Crippen molar-refractivity contribution in [1.29, 1.82) is 0 Å². The summed E-state index contributed by atoms with van der Waals surface area (Å²) < 4.78 is 6.08. The van der Waals surface area contributed by atoms with Crippen molar-refractivity contribution in [3.05, 3.63) is 22.3 Å². The number of ether oxygens (including phenoxy) is 1. The van der Waals surface area contributed by atoms with Gasteiger partial charge in [0.1, 0.15) is 36.2 Å². The molecule has 0 radical (unpaired) electrons. The Morgan fingerprint density at radius 1 is 0.712 bits per heavy atom. The molecule has 4 bridgehead atoms. The Kier molecular flexibility index (Phi) is 22.9. The minimum atomic E-state index is -1.25. The fourth-order valence-electron chi connectivity index (χ4n) is 11.1. The van der Waals surface area contributed by atoms with Gasteiger partial charge in [0.25, 0.3) is 0 Å². The van der Waals surface area contributed by atoms with Crippen LogP contribution in [0.2, 0.25) is 0 Å². The van der Waals surface area contributed by atoms with Crippen molar-refractivity contribution in [1.82, 2.24) is 40.4 Å². The molecule has 4 rings (SSSR count). The molecule has 412 valence electrons. The van der Waals surface area contributed by atoms with Gasteiger partial charge < -0.3 is 39.8 Å². The highest BCUT2D eigenvalue weighted by atomic mass is 16.5. The summed E-state index contributed by atoms with van der Waals surface area (Å²) in [5, 5.41) is 8.87. The molecule has 0 spiro atoms. The molecule has 3 unspecified atom stereocenters. The maximum absolute atomic E-state index is 15.0. The predicted molar refractivity (Wildman–Crippen MR) is 284 cm³/mol. The Labute approximate surface area is 437 Å². The molecule has 3 fully saturated rings. The highest BCUT2D eigenvalue weighted by Gasteiger charge is 2.43. The van der Waals surface area contributed by atoms with E-state index in [9.17, 15) is 38.4 Å². The van der Waals surface area contributed by atoms with Crippen molar-refractivity contribution in [2.24, 2.45) is 23.7 Å². The molecular weight excluding hydrogens is 929 g/mol. The van der Waals surface area contributed by atoms with Crippen LogP contribution in [0.15, 0.2) is 22.3 Å². The largest absolute Gasteiger partial charge is 0.373 e. The van der Waals surface area contributed by atoms with Gasteiger partial charge in [-0.2, -0.15) is 0 Å². The first-order valence-corrected chi connectivity index (χ1v) is 27.3. The van der Waals surface area contributed by atoms with Crippen LogP contribution in [0.4, 0.5) is 0 Å². The number of nitrogens with one attached hydrogen (secondary N) is 3. The van der Waals surface area contributed by atoms with Gasteiger partial charge in [-0.3, -0.25) is 43.8 Å². The number of ketones is 1. The standard InChI is InChI=1S/C56H94N8O9/c1-16-36(6)49(63(15)53(70)46(33-73-56(8,9)10)59-50(67)47(60(11)12)26-34(2)3)55(72)62(14)48(27-35(4)5)51(68)58-45(54(71)64-24-18-17-19-25-64)30-41(66)31-57-37(7)52(69)61(13)40(32-65)29-44-42-22-23-43(44)39-21-20-38(42)28-39/h32,34-37,40,44-49,57H,16-31,33H2,1-15H3,(H,58,68)(H,59,67)/t36?,37?,40-,45?,46-,47-,48-,49-/m0/s1. The van der Waals surface area contributed by atoms with Crippen LogP contribution in [0.25, 0.3) is 0 Å². The van der Waals surface area contributed by atoms with Gasteiger partial charge in [-0.25, -0.2) is 0 Å². The average Bonchev–Trinajstić information content (AvgIpc) is 3.91. The number of carbonyl (C=O) groups excluding carboxylic acids is 8. The Bertz CT molecular complexity index is 2010. The molecule has 73 heavy (non-hydrogen) atoms. The SMILES string of the molecule is CCC(C)[C@@H](C(=O)N(C)[C@@H](CC(C)C)C(=O)NC(CC(=O)CNC(C)C(=O)N(C)[C@H](C=O)CC1C2=C3CCC(=C1CC2)C3)C(=O)N1CCCCC1)N(C)C(=O)[C@H](COC(C)(C)C)NC(=O)[C@H](CC(C)C)N(C)C. The van der Waals surface area contributed by atoms with Gasteiger partial charge in [0.05, 0.1) is 36.9 Å². The van der Waals surface area contributed by atoms with Gasteiger partial charge in [-0.05, 0) is 130 Å². The first kappa shape index (κ1) is 61.1. The third-order valence-corrected chi connectivity index (χ3v) is 15.7. The van der Waals surface area contributed by atoms with E-state index in [0.717, 1.165) is 57.7 Å². The van der Waals surface area contributed by atoms with E-state index in [1.165, 1.54) is 51.1 Å². The summed E-state index contributed by atoms with van der Waals surface area (Å²) in [6, 6.07) is -6.46. The monoisotopic (exact) mass is 1020 g/mol. The zero-order chi connectivity index (χ0) is 54.6. The predicted octanol–water partition coefficient (Wildman–Crippen LogP) is 5.06. The Balaban J connectivity index is 1.52. The molecule has 8 atom stereocenters. The number of aldehydes is 1. The third-order valence-electron chi connectivity index (χ3n) is 15.7. The number of fused-ring (bicyclic) bond motifs is 4. The van der Waals surface area contributed by atoms with Crippen molar-refractivity contribution in [2.45, 2.75) is 201 Å². The van der Waals surface area contributed by atoms with E-state index >= 15 is 0 Å². The maximum Gasteiger partial charge on any atom is 0.247 e. The minimum Gasteiger partial charge on any atom is -0.373 e. The van der Waals surface area contributed by atoms with E-state index in [-0.39, 0.29) is 61.5 Å². The summed E-state index contributed by atoms with van der Waals surface area (Å²) in [5.41, 5.74) is 5.29. The Morgan fingerprint density at radius 2 is 1.26 bits per heavy atom. The molecular formula is C56H94N8O9. The van der Waals surface area contributed by atoms with Crippen molar-refractivity contribution >= 4 is 47.5 Å². The van der Waals surface area contributed by atoms with Crippen LogP contribution in [0.1, 0.15) is 153 Å². The Morgan fingerprint density at radius 3 is 1.78 bits per heavy atom. The lowest BCUT2D eigenvalue weighted by molar-refractivity contribution is -0.153. The van der Waals surface area contributed by atoms with Crippen molar-refractivity contribution < 1.29 is 43.1 Å². The van der Waals surface area contributed by atoms with E-state index < -0.39 is 77.3 Å². The highest BCUT2D eigenvalue weighted by Crippen LogP contribution is 2.53. The second-order valence-electron chi connectivity index (χ2n) is 23.6. The lowest BCUT2D eigenvalue weighted by atomic mass is 9.83. The number of Topliss-reactive ketones (excluding diaryl/α,β-unsaturated/α-hetero) is 1. The highest BCUT2D eigenvalue weighted by molar-refractivity contribution is 5.97. The number of hydrogen-bond acceptors (Lipinski definition) is 11. The third kappa shape index (κ3) is 16.5. The van der Waals surface area contributed by atoms with E-state index in [4.69, 9.17) is 4.74 Å². The normalized spacial score (nSPS) is 19.3. The molecule has 0 aromatic carbocycles. The van der Waals surface area contributed by atoms with Crippen LogP contribution in [-0.2, 0) is 43.1 Å². The van der Waals surface area contributed by atoms with Crippen LogP contribution in [0.3, 0.4) is 0 Å². The van der Waals surface area contributed by atoms with Crippen LogP contribution >= 0.6 is 0 Å². The van der Waals surface area contributed by atoms with Crippen molar-refractivity contribution in [3.8, 4) is 0 Å². The maximum atomic E-state index is 15.0. The summed E-state index contributed by atoms with van der Waals surface area (Å²) in [7, 11) is 8.33. The van der Waals surface area contributed by atoms with Gasteiger partial charge in [0.15, 0.2) is 0 Å². The number of likely N-dealkylation sites (tertiary alicyclic amines) is 1. The number of nitrogens with zero attached hydrogens (tertiary/aromatic N) is 5. The number of likely N-dealkylation sites (N-methyl/N-ethyl adjacent to an activating group) is 4. The molecule has 1 aliphatic heterocycles. The molecule has 17 heteroatoms. The molecule has 6 amide bonds. The van der Waals surface area contributed by atoms with Gasteiger partial charge in [-0.1, -0.05) is 70.3 Å². The summed E-state index contributed by atoms with van der Waals surface area (Å²) in [6.07, 6.45) is 10.2. The second-order valence-corrected chi connectivity index (χ2v) is 23.6. The fraction of sp³-hybridized carbons (Fsp3) is 0.786. The molecule has 3 aliphatic carbocycles. The molecule has 2 saturated carbocycles. The van der Waals surface area contributed by atoms with E-state index in [2.05, 4.69) is 16.0 Å². The zero-order valence-electron chi connectivity index (χ0n) is 47.4. The zero-order valence-corrected chi connectivity index (χ0v) is 47.4. The topological polar surface area (TPSA) is 198 Å². The number of allylic oxidation sites excluding steroid dienone is 4. The average molecular weight is 1020 g/mol. The van der Waals surface area contributed by atoms with Crippen LogP contribution in [-0.4, -0.2) is 181 Å². The van der Waals surface area contributed by atoms with Gasteiger partial charge in [0.2, 0.25) is 35.4 Å². The molecule has 0 aromatic heterocycles. The van der Waals surface area contributed by atoms with Crippen molar-refractivity contribution in [2.75, 3.05) is 61.5 Å². The van der Waals surface area contributed by atoms with E-state index in [1.807, 2.05) is 81.3 Å². The van der Waals surface area contributed by atoms with Gasteiger partial charge in [0, 0.05) is 46.6 Å². The van der Waals surface area contributed by atoms with E-state index in [1.54, 1.807) is 18.9 Å². The number of carbonyl (C=O) groups is 8. The number of piperidine rings is 1. The molecule has 4 aliphatic rings. The van der Waals surface area contributed by atoms with Crippen LogP contribution < -0.4 is 16.0 Å². The Hall–Kier alpha value is -4.48. The summed E-state index contributed by atoms with van der Waals surface area (Å²) >= 11 is 0. The molecule has 1 saturated heterocycles. The quantitative estimate of drug-likeness (QED) is 0.0700. The number of hydrogen-bond donors (Lipinski definition) is 3. The molecule has 1 heterocycles. The lowest BCUT2D eigenvalue weighted by Crippen LogP contribution is -2.62. The van der Waals surface area contributed by atoms with Crippen molar-refractivity contribution in [3.63, 3.8) is 0 Å². The van der Waals surface area contributed by atoms with Gasteiger partial charge in [-0.15, -0.1) is 0 Å². The van der Waals surface area contributed by atoms with Crippen LogP contribution in [0.5, 0.6) is 0 Å². The van der Waals surface area contributed by atoms with Gasteiger partial charge >= 0.3 is 0 Å². The first-order valence-electron chi connectivity index (χ1n) is 27.3. The number of rotatable bonds is 28. The van der Waals surface area contributed by atoms with E-state index in [0.29, 0.717) is 32.4 Å². The summed E-state index contributed by atoms with van der Waals surface area (Å²) in [6.45, 7) is 19.4. The molecule has 0 aromatic rings. The van der Waals surface area contributed by atoms with Crippen LogP contribution in [0, 0.1) is 23.7 Å². The number of amides is 6. The summed E-state index contributed by atoms with van der Waals surface area (Å²) in [5.74, 6) is -3.13. The first-order chi connectivity index (χ1) is 34.2. The molecule has 17 nitrogen and oxygen atoms in total. The smallest absolute Gasteiger partial charge is 0.247 e. The molecule has 3 N–H and O–H groups in total.